The molecule has 0 bridgehead atoms. The van der Waals surface area contributed by atoms with E-state index in [9.17, 15) is 9.59 Å². The summed E-state index contributed by atoms with van der Waals surface area (Å²) in [6, 6.07) is 10.9. The van der Waals surface area contributed by atoms with Crippen LogP contribution in [0.1, 0.15) is 25.7 Å². The van der Waals surface area contributed by atoms with Crippen molar-refractivity contribution < 1.29 is 14.3 Å². The fourth-order valence-corrected chi connectivity index (χ4v) is 4.35. The number of rotatable bonds is 7. The van der Waals surface area contributed by atoms with Gasteiger partial charge in [-0.1, -0.05) is 24.6 Å². The standard InChI is InChI=1S/C22H24N6O3S/c1-31-18-8-6-17(7-9-18)28-20(15-10-12-23-13-11-15)26-27-22(28)32-14-19(29)25-21(30)24-16-4-2-3-5-16/h6-13,16H,2-5,14H2,1H3,(H2,24,25,29,30). The lowest BCUT2D eigenvalue weighted by Gasteiger charge is -2.13. The first kappa shape index (κ1) is 21.8. The molecule has 4 rings (SSSR count). The molecule has 0 unspecified atom stereocenters. The number of imide groups is 1. The number of carbonyl (C=O) groups excluding carboxylic acids is 2. The zero-order valence-corrected chi connectivity index (χ0v) is 18.5. The van der Waals surface area contributed by atoms with Gasteiger partial charge in [-0.3, -0.25) is 19.7 Å². The average Bonchev–Trinajstić information content (AvgIpc) is 3.48. The minimum Gasteiger partial charge on any atom is -0.497 e. The Bertz CT molecular complexity index is 1070. The number of ether oxygens (including phenoxy) is 1. The number of hydrogen-bond donors (Lipinski definition) is 2. The second-order valence-electron chi connectivity index (χ2n) is 7.37. The summed E-state index contributed by atoms with van der Waals surface area (Å²) in [5.41, 5.74) is 1.67. The molecule has 0 spiro atoms. The molecule has 0 aliphatic heterocycles. The number of hydrogen-bond acceptors (Lipinski definition) is 7. The molecule has 1 fully saturated rings. The van der Waals surface area contributed by atoms with E-state index in [2.05, 4.69) is 25.8 Å². The lowest BCUT2D eigenvalue weighted by Crippen LogP contribution is -2.44. The number of amides is 3. The number of nitrogens with zero attached hydrogens (tertiary/aromatic N) is 4. The maximum atomic E-state index is 12.3. The number of nitrogens with one attached hydrogen (secondary N) is 2. The number of thioether (sulfide) groups is 1. The number of methoxy groups -OCH3 is 1. The Balaban J connectivity index is 1.49. The average molecular weight is 453 g/mol. The van der Waals surface area contributed by atoms with Gasteiger partial charge in [0.25, 0.3) is 0 Å². The largest absolute Gasteiger partial charge is 0.497 e. The molecule has 10 heteroatoms. The first-order chi connectivity index (χ1) is 15.6. The van der Waals surface area contributed by atoms with Crippen LogP contribution in [0.15, 0.2) is 53.9 Å². The van der Waals surface area contributed by atoms with Crippen LogP contribution < -0.4 is 15.4 Å². The second kappa shape index (κ2) is 10.3. The molecule has 32 heavy (non-hydrogen) atoms. The fraction of sp³-hybridized carbons (Fsp3) is 0.318. The molecule has 0 radical (unpaired) electrons. The SMILES string of the molecule is COc1ccc(-n2c(SCC(=O)NC(=O)NC3CCCC3)nnc2-c2ccncc2)cc1. The quantitative estimate of drug-likeness (QED) is 0.530. The topological polar surface area (TPSA) is 111 Å². The van der Waals surface area contributed by atoms with E-state index in [0.29, 0.717) is 11.0 Å². The molecular weight excluding hydrogens is 428 g/mol. The monoisotopic (exact) mass is 452 g/mol. The van der Waals surface area contributed by atoms with E-state index in [1.807, 2.05) is 41.0 Å². The molecular formula is C22H24N6O3S. The van der Waals surface area contributed by atoms with Crippen LogP contribution in [0.25, 0.3) is 17.1 Å². The highest BCUT2D eigenvalue weighted by molar-refractivity contribution is 7.99. The maximum absolute atomic E-state index is 12.3. The van der Waals surface area contributed by atoms with Crippen LogP contribution >= 0.6 is 11.8 Å². The van der Waals surface area contributed by atoms with Gasteiger partial charge in [-0.15, -0.1) is 10.2 Å². The number of carbonyl (C=O) groups is 2. The molecule has 2 aromatic heterocycles. The minimum absolute atomic E-state index is 0.0305. The van der Waals surface area contributed by atoms with E-state index in [1.165, 1.54) is 11.8 Å². The Labute approximate surface area is 190 Å². The van der Waals surface area contributed by atoms with Gasteiger partial charge in [-0.25, -0.2) is 4.79 Å². The molecule has 1 aliphatic carbocycles. The molecule has 3 aromatic rings. The van der Waals surface area contributed by atoms with Crippen molar-refractivity contribution in [2.75, 3.05) is 12.9 Å². The van der Waals surface area contributed by atoms with Gasteiger partial charge in [0.2, 0.25) is 5.91 Å². The van der Waals surface area contributed by atoms with E-state index >= 15 is 0 Å². The van der Waals surface area contributed by atoms with E-state index < -0.39 is 6.03 Å². The Morgan fingerprint density at radius 1 is 1.09 bits per heavy atom. The van der Waals surface area contributed by atoms with Crippen LogP contribution in [0.4, 0.5) is 4.79 Å². The van der Waals surface area contributed by atoms with Crippen LogP contribution in [0.5, 0.6) is 5.75 Å². The van der Waals surface area contributed by atoms with Crippen molar-refractivity contribution in [1.82, 2.24) is 30.4 Å². The molecule has 1 aromatic carbocycles. The number of urea groups is 1. The summed E-state index contributed by atoms with van der Waals surface area (Å²) in [5.74, 6) is 0.997. The molecule has 1 saturated carbocycles. The van der Waals surface area contributed by atoms with Crippen LogP contribution in [-0.4, -0.2) is 50.6 Å². The summed E-state index contributed by atoms with van der Waals surface area (Å²) in [6.07, 6.45) is 7.50. The minimum atomic E-state index is -0.448. The lowest BCUT2D eigenvalue weighted by molar-refractivity contribution is -0.117. The number of aromatic nitrogens is 4. The number of benzene rings is 1. The van der Waals surface area contributed by atoms with Crippen molar-refractivity contribution in [2.24, 2.45) is 0 Å². The maximum Gasteiger partial charge on any atom is 0.321 e. The predicted molar refractivity (Wildman–Crippen MR) is 121 cm³/mol. The summed E-state index contributed by atoms with van der Waals surface area (Å²) in [6.45, 7) is 0. The van der Waals surface area contributed by atoms with Crippen LogP contribution in [0, 0.1) is 0 Å². The van der Waals surface area contributed by atoms with Gasteiger partial charge in [-0.05, 0) is 49.2 Å². The van der Waals surface area contributed by atoms with Gasteiger partial charge in [-0.2, -0.15) is 0 Å². The van der Waals surface area contributed by atoms with Crippen molar-refractivity contribution in [3.8, 4) is 22.8 Å². The number of pyridine rings is 1. The van der Waals surface area contributed by atoms with Gasteiger partial charge in [0.15, 0.2) is 11.0 Å². The summed E-state index contributed by atoms with van der Waals surface area (Å²) in [7, 11) is 1.61. The van der Waals surface area contributed by atoms with Gasteiger partial charge in [0, 0.05) is 29.7 Å². The third-order valence-corrected chi connectivity index (χ3v) is 6.11. The molecule has 3 amide bonds. The summed E-state index contributed by atoms with van der Waals surface area (Å²) >= 11 is 1.21. The lowest BCUT2D eigenvalue weighted by atomic mass is 10.2. The van der Waals surface area contributed by atoms with Gasteiger partial charge in [0.1, 0.15) is 5.75 Å². The van der Waals surface area contributed by atoms with Crippen LogP contribution in [0.2, 0.25) is 0 Å². The van der Waals surface area contributed by atoms with Gasteiger partial charge < -0.3 is 10.1 Å². The van der Waals surface area contributed by atoms with Crippen molar-refractivity contribution in [2.45, 2.75) is 36.9 Å². The third-order valence-electron chi connectivity index (χ3n) is 5.18. The van der Waals surface area contributed by atoms with Crippen molar-refractivity contribution in [3.63, 3.8) is 0 Å². The Morgan fingerprint density at radius 2 is 1.81 bits per heavy atom. The predicted octanol–water partition coefficient (Wildman–Crippen LogP) is 3.20. The summed E-state index contributed by atoms with van der Waals surface area (Å²) < 4.78 is 7.12. The van der Waals surface area contributed by atoms with Gasteiger partial charge in [0.05, 0.1) is 12.9 Å². The third kappa shape index (κ3) is 5.25. The summed E-state index contributed by atoms with van der Waals surface area (Å²) in [4.78, 5) is 28.4. The molecule has 0 saturated heterocycles. The Hall–Kier alpha value is -3.40. The van der Waals surface area contributed by atoms with Crippen molar-refractivity contribution in [1.29, 1.82) is 0 Å². The Morgan fingerprint density at radius 3 is 2.50 bits per heavy atom. The smallest absolute Gasteiger partial charge is 0.321 e. The summed E-state index contributed by atoms with van der Waals surface area (Å²) in [5, 5.41) is 14.4. The first-order valence-electron chi connectivity index (χ1n) is 10.4. The second-order valence-corrected chi connectivity index (χ2v) is 8.31. The zero-order chi connectivity index (χ0) is 22.3. The zero-order valence-electron chi connectivity index (χ0n) is 17.7. The van der Waals surface area contributed by atoms with Crippen LogP contribution in [-0.2, 0) is 4.79 Å². The van der Waals surface area contributed by atoms with Crippen molar-refractivity contribution in [3.05, 3.63) is 48.8 Å². The van der Waals surface area contributed by atoms with E-state index in [4.69, 9.17) is 4.74 Å². The van der Waals surface area contributed by atoms with E-state index in [1.54, 1.807) is 19.5 Å². The molecule has 2 heterocycles. The molecule has 0 atom stereocenters. The van der Waals surface area contributed by atoms with Gasteiger partial charge >= 0.3 is 6.03 Å². The van der Waals surface area contributed by atoms with Crippen LogP contribution in [0.3, 0.4) is 0 Å². The molecule has 1 aliphatic rings. The van der Waals surface area contributed by atoms with E-state index in [-0.39, 0.29) is 17.7 Å². The normalized spacial score (nSPS) is 13.7. The first-order valence-corrected chi connectivity index (χ1v) is 11.4. The highest BCUT2D eigenvalue weighted by Gasteiger charge is 2.20. The van der Waals surface area contributed by atoms with E-state index in [0.717, 1.165) is 42.7 Å². The Kier molecular flexibility index (Phi) is 7.00. The van der Waals surface area contributed by atoms with Crippen molar-refractivity contribution >= 4 is 23.7 Å². The molecule has 166 valence electrons. The highest BCUT2D eigenvalue weighted by atomic mass is 32.2. The molecule has 2 N–H and O–H groups in total. The fourth-order valence-electron chi connectivity index (χ4n) is 3.60. The highest BCUT2D eigenvalue weighted by Crippen LogP contribution is 2.28. The molecule has 9 nitrogen and oxygen atoms in total.